The molecule has 1 amide bonds. The molecule has 0 saturated heterocycles. The number of halogens is 1. The van der Waals surface area contributed by atoms with E-state index < -0.39 is 0 Å². The highest BCUT2D eigenvalue weighted by atomic mass is 35.5. The smallest absolute Gasteiger partial charge is 0.255 e. The Morgan fingerprint density at radius 2 is 1.86 bits per heavy atom. The van der Waals surface area contributed by atoms with Gasteiger partial charge in [0, 0.05) is 31.4 Å². The number of methoxy groups -OCH3 is 1. The molecule has 0 fully saturated rings. The molecule has 0 bridgehead atoms. The van der Waals surface area contributed by atoms with Crippen molar-refractivity contribution in [2.75, 3.05) is 26.1 Å². The third-order valence-corrected chi connectivity index (χ3v) is 3.55. The van der Waals surface area contributed by atoms with Gasteiger partial charge in [0.1, 0.15) is 5.75 Å². The minimum Gasteiger partial charge on any atom is -0.496 e. The third kappa shape index (κ3) is 3.92. The van der Waals surface area contributed by atoms with E-state index >= 15 is 0 Å². The fraction of sp³-hybridized carbons (Fsp3) is 0.235. The number of nitrogens with zero attached hydrogens (tertiary/aromatic N) is 1. The molecule has 0 aliphatic heterocycles. The van der Waals surface area contributed by atoms with E-state index in [1.165, 1.54) is 7.11 Å². The van der Waals surface area contributed by atoms with Gasteiger partial charge in [0.15, 0.2) is 0 Å². The summed E-state index contributed by atoms with van der Waals surface area (Å²) in [4.78, 5) is 14.3. The number of carbonyl (C=O) groups excluding carboxylic acids is 1. The van der Waals surface area contributed by atoms with E-state index in [-0.39, 0.29) is 5.91 Å². The van der Waals surface area contributed by atoms with E-state index in [1.54, 1.807) is 18.2 Å². The highest BCUT2D eigenvalue weighted by Gasteiger charge is 2.12. The molecule has 2 aromatic rings. The van der Waals surface area contributed by atoms with Gasteiger partial charge in [-0.1, -0.05) is 23.7 Å². The molecule has 5 heteroatoms. The Hall–Kier alpha value is -2.20. The van der Waals surface area contributed by atoms with Crippen molar-refractivity contribution in [3.05, 3.63) is 58.6 Å². The molecule has 4 nitrogen and oxygen atoms in total. The topological polar surface area (TPSA) is 41.6 Å². The molecule has 0 heterocycles. The van der Waals surface area contributed by atoms with Gasteiger partial charge in [-0.3, -0.25) is 4.79 Å². The summed E-state index contributed by atoms with van der Waals surface area (Å²) in [6.07, 6.45) is 0. The second-order valence-electron chi connectivity index (χ2n) is 5.09. The van der Waals surface area contributed by atoms with Crippen LogP contribution in [0.3, 0.4) is 0 Å². The van der Waals surface area contributed by atoms with Crippen LogP contribution in [0.2, 0.25) is 5.02 Å². The van der Waals surface area contributed by atoms with Crippen LogP contribution < -0.4 is 15.0 Å². The van der Waals surface area contributed by atoms with Crippen LogP contribution in [0.15, 0.2) is 42.5 Å². The Balaban J connectivity index is 2.05. The second kappa shape index (κ2) is 7.18. The first kappa shape index (κ1) is 16.2. The van der Waals surface area contributed by atoms with Crippen molar-refractivity contribution >= 4 is 23.2 Å². The Labute approximate surface area is 135 Å². The summed E-state index contributed by atoms with van der Waals surface area (Å²) in [5.74, 6) is 0.292. The zero-order valence-electron chi connectivity index (χ0n) is 12.9. The van der Waals surface area contributed by atoms with Gasteiger partial charge >= 0.3 is 0 Å². The summed E-state index contributed by atoms with van der Waals surface area (Å²) in [7, 11) is 5.50. The molecule has 22 heavy (non-hydrogen) atoms. The molecular formula is C17H19ClN2O2. The van der Waals surface area contributed by atoms with Crippen LogP contribution in [-0.2, 0) is 6.54 Å². The monoisotopic (exact) mass is 318 g/mol. The van der Waals surface area contributed by atoms with Crippen LogP contribution in [0.25, 0.3) is 0 Å². The lowest BCUT2D eigenvalue weighted by Crippen LogP contribution is -2.23. The van der Waals surface area contributed by atoms with Crippen molar-refractivity contribution in [1.82, 2.24) is 5.32 Å². The van der Waals surface area contributed by atoms with Crippen molar-refractivity contribution < 1.29 is 9.53 Å². The second-order valence-corrected chi connectivity index (χ2v) is 5.52. The minimum absolute atomic E-state index is 0.212. The molecule has 0 saturated carbocycles. The third-order valence-electron chi connectivity index (χ3n) is 3.31. The lowest BCUT2D eigenvalue weighted by atomic mass is 10.1. The fourth-order valence-corrected chi connectivity index (χ4v) is 2.22. The average molecular weight is 319 g/mol. The van der Waals surface area contributed by atoms with Crippen LogP contribution in [0.5, 0.6) is 5.75 Å². The zero-order chi connectivity index (χ0) is 16.1. The maximum atomic E-state index is 12.3. The first-order valence-electron chi connectivity index (χ1n) is 6.89. The molecule has 2 aromatic carbocycles. The van der Waals surface area contributed by atoms with Gasteiger partial charge in [0.25, 0.3) is 5.91 Å². The van der Waals surface area contributed by atoms with E-state index in [0.29, 0.717) is 22.9 Å². The van der Waals surface area contributed by atoms with Crippen molar-refractivity contribution in [3.8, 4) is 5.75 Å². The van der Waals surface area contributed by atoms with Gasteiger partial charge in [0.05, 0.1) is 12.7 Å². The lowest BCUT2D eigenvalue weighted by molar-refractivity contribution is 0.0948. The molecular weight excluding hydrogens is 300 g/mol. The Morgan fingerprint density at radius 3 is 2.45 bits per heavy atom. The summed E-state index contributed by atoms with van der Waals surface area (Å²) in [6, 6.07) is 13.0. The van der Waals surface area contributed by atoms with Gasteiger partial charge in [-0.15, -0.1) is 0 Å². The number of carbonyl (C=O) groups is 1. The lowest BCUT2D eigenvalue weighted by Gasteiger charge is -2.13. The highest BCUT2D eigenvalue weighted by Crippen LogP contribution is 2.22. The molecule has 0 radical (unpaired) electrons. The van der Waals surface area contributed by atoms with Crippen molar-refractivity contribution in [2.24, 2.45) is 0 Å². The number of benzene rings is 2. The van der Waals surface area contributed by atoms with Gasteiger partial charge in [-0.05, 0) is 35.9 Å². The molecule has 1 N–H and O–H groups in total. The van der Waals surface area contributed by atoms with Gasteiger partial charge in [-0.25, -0.2) is 0 Å². The number of hydrogen-bond acceptors (Lipinski definition) is 3. The highest BCUT2D eigenvalue weighted by molar-refractivity contribution is 6.31. The number of rotatable bonds is 5. The minimum atomic E-state index is -0.212. The number of nitrogens with one attached hydrogen (secondary N) is 1. The van der Waals surface area contributed by atoms with Crippen LogP contribution in [-0.4, -0.2) is 27.1 Å². The first-order chi connectivity index (χ1) is 10.5. The molecule has 0 unspecified atom stereocenters. The van der Waals surface area contributed by atoms with E-state index in [2.05, 4.69) is 5.32 Å². The van der Waals surface area contributed by atoms with E-state index in [9.17, 15) is 4.79 Å². The van der Waals surface area contributed by atoms with E-state index in [0.717, 1.165) is 11.3 Å². The van der Waals surface area contributed by atoms with Crippen LogP contribution >= 0.6 is 11.6 Å². The molecule has 0 aromatic heterocycles. The standard InChI is InChI=1S/C17H19ClN2O2/c1-20(2)14-7-4-12(5-8-14)11-19-17(21)15-10-13(18)6-9-16(15)22-3/h4-10H,11H2,1-3H3,(H,19,21). The summed E-state index contributed by atoms with van der Waals surface area (Å²) in [5.41, 5.74) is 2.58. The Morgan fingerprint density at radius 1 is 1.18 bits per heavy atom. The van der Waals surface area contributed by atoms with Crippen molar-refractivity contribution in [3.63, 3.8) is 0 Å². The van der Waals surface area contributed by atoms with Gasteiger partial charge < -0.3 is 15.0 Å². The number of ether oxygens (including phenoxy) is 1. The largest absolute Gasteiger partial charge is 0.496 e. The normalized spacial score (nSPS) is 10.2. The van der Waals surface area contributed by atoms with Crippen LogP contribution in [0, 0.1) is 0 Å². The average Bonchev–Trinajstić information content (AvgIpc) is 2.53. The summed E-state index contributed by atoms with van der Waals surface area (Å²) >= 11 is 5.94. The predicted octanol–water partition coefficient (Wildman–Crippen LogP) is 3.34. The maximum Gasteiger partial charge on any atom is 0.255 e. The maximum absolute atomic E-state index is 12.3. The molecule has 0 aliphatic carbocycles. The van der Waals surface area contributed by atoms with Gasteiger partial charge in [-0.2, -0.15) is 0 Å². The molecule has 0 spiro atoms. The summed E-state index contributed by atoms with van der Waals surface area (Å²) in [5, 5.41) is 3.38. The Kier molecular flexibility index (Phi) is 5.28. The summed E-state index contributed by atoms with van der Waals surface area (Å²) < 4.78 is 5.19. The molecule has 0 aliphatic rings. The molecule has 2 rings (SSSR count). The first-order valence-corrected chi connectivity index (χ1v) is 7.27. The van der Waals surface area contributed by atoms with Crippen molar-refractivity contribution in [2.45, 2.75) is 6.54 Å². The fourth-order valence-electron chi connectivity index (χ4n) is 2.05. The van der Waals surface area contributed by atoms with Crippen LogP contribution in [0.4, 0.5) is 5.69 Å². The number of amides is 1. The zero-order valence-corrected chi connectivity index (χ0v) is 13.6. The summed E-state index contributed by atoms with van der Waals surface area (Å²) in [6.45, 7) is 0.447. The Bertz CT molecular complexity index is 654. The molecule has 116 valence electrons. The van der Waals surface area contributed by atoms with Gasteiger partial charge in [0.2, 0.25) is 0 Å². The quantitative estimate of drug-likeness (QED) is 0.919. The predicted molar refractivity (Wildman–Crippen MR) is 89.9 cm³/mol. The van der Waals surface area contributed by atoms with E-state index in [1.807, 2.05) is 43.3 Å². The van der Waals surface area contributed by atoms with E-state index in [4.69, 9.17) is 16.3 Å². The number of anilines is 1. The van der Waals surface area contributed by atoms with Crippen molar-refractivity contribution in [1.29, 1.82) is 0 Å². The SMILES string of the molecule is COc1ccc(Cl)cc1C(=O)NCc1ccc(N(C)C)cc1. The number of hydrogen-bond donors (Lipinski definition) is 1. The van der Waals surface area contributed by atoms with Crippen LogP contribution in [0.1, 0.15) is 15.9 Å². The molecule has 0 atom stereocenters.